The zero-order chi connectivity index (χ0) is 18.1. The van der Waals surface area contributed by atoms with Crippen LogP contribution in [0.4, 0.5) is 0 Å². The van der Waals surface area contributed by atoms with E-state index in [1.54, 1.807) is 4.68 Å². The first-order valence-corrected chi connectivity index (χ1v) is 9.32. The van der Waals surface area contributed by atoms with Gasteiger partial charge < -0.3 is 5.32 Å². The minimum atomic E-state index is -0.728. The number of hydrogen-bond donors (Lipinski definition) is 2. The highest BCUT2D eigenvalue weighted by Gasteiger charge is 2.37. The molecule has 1 aromatic heterocycles. The lowest BCUT2D eigenvalue weighted by atomic mass is 9.98. The lowest BCUT2D eigenvalue weighted by Crippen LogP contribution is -2.59. The molecule has 2 heterocycles. The second kappa shape index (κ2) is 6.65. The number of likely N-dealkylation sites (N-methyl/N-ethyl adjacent to an activating group) is 1. The van der Waals surface area contributed by atoms with Crippen molar-refractivity contribution in [2.24, 2.45) is 0 Å². The molecule has 1 aliphatic carbocycles. The van der Waals surface area contributed by atoms with Gasteiger partial charge >= 0.3 is 0 Å². The van der Waals surface area contributed by atoms with Crippen LogP contribution < -0.4 is 10.9 Å². The summed E-state index contributed by atoms with van der Waals surface area (Å²) in [5.74, 6) is -0.728. The molecule has 0 bridgehead atoms. The summed E-state index contributed by atoms with van der Waals surface area (Å²) < 4.78 is 1.76. The van der Waals surface area contributed by atoms with E-state index in [-0.39, 0.29) is 5.56 Å². The van der Waals surface area contributed by atoms with E-state index in [0.29, 0.717) is 0 Å². The number of benzene rings is 1. The minimum absolute atomic E-state index is 0.0860. The Bertz CT molecular complexity index is 903. The molecule has 2 aromatic rings. The largest absolute Gasteiger partial charge is 0.352 e. The molecule has 0 radical (unpaired) electrons. The Balaban J connectivity index is 1.73. The average molecular weight is 350 g/mol. The molecule has 1 aromatic carbocycles. The van der Waals surface area contributed by atoms with Crippen LogP contribution in [0.5, 0.6) is 0 Å². The number of allylic oxidation sites excluding steroid dienone is 2. The standard InChI is InChI=1S/C21H26N4O/c1-16-9-11-17(12-10-16)15-24(2)21(13-5-6-14-22-21)25-20(26)18-7-3-4-8-19(18)23-25/h5-6,9-14,22-23H,3-4,7-8,15H2,1-2H3. The molecule has 136 valence electrons. The van der Waals surface area contributed by atoms with Gasteiger partial charge in [0.15, 0.2) is 0 Å². The third-order valence-corrected chi connectivity index (χ3v) is 5.47. The molecule has 0 spiro atoms. The normalized spacial score (nSPS) is 21.7. The Labute approximate surface area is 154 Å². The van der Waals surface area contributed by atoms with Gasteiger partial charge in [0.25, 0.3) is 5.56 Å². The predicted octanol–water partition coefficient (Wildman–Crippen LogP) is 2.78. The van der Waals surface area contributed by atoms with Crippen molar-refractivity contribution in [3.8, 4) is 0 Å². The number of fused-ring (bicyclic) bond motifs is 1. The molecule has 5 heteroatoms. The molecule has 4 rings (SSSR count). The molecule has 1 atom stereocenters. The van der Waals surface area contributed by atoms with E-state index in [9.17, 15) is 4.79 Å². The van der Waals surface area contributed by atoms with Gasteiger partial charge in [0, 0.05) is 17.8 Å². The monoisotopic (exact) mass is 350 g/mol. The maximum atomic E-state index is 13.1. The van der Waals surface area contributed by atoms with Crippen LogP contribution in [0.15, 0.2) is 53.5 Å². The van der Waals surface area contributed by atoms with E-state index in [0.717, 1.165) is 43.5 Å². The highest BCUT2D eigenvalue weighted by molar-refractivity contribution is 5.25. The van der Waals surface area contributed by atoms with Crippen molar-refractivity contribution >= 4 is 0 Å². The number of nitrogens with one attached hydrogen (secondary N) is 2. The summed E-state index contributed by atoms with van der Waals surface area (Å²) in [4.78, 5) is 15.3. The van der Waals surface area contributed by atoms with Crippen molar-refractivity contribution in [2.75, 3.05) is 7.05 Å². The Hall–Kier alpha value is -2.53. The first kappa shape index (κ1) is 16.9. The smallest absolute Gasteiger partial charge is 0.273 e. The van der Waals surface area contributed by atoms with E-state index in [2.05, 4.69) is 46.5 Å². The van der Waals surface area contributed by atoms with E-state index >= 15 is 0 Å². The van der Waals surface area contributed by atoms with E-state index in [4.69, 9.17) is 0 Å². The number of aromatic nitrogens is 2. The fourth-order valence-corrected chi connectivity index (χ4v) is 3.92. The van der Waals surface area contributed by atoms with Crippen molar-refractivity contribution in [1.29, 1.82) is 0 Å². The molecule has 0 saturated heterocycles. The molecule has 26 heavy (non-hydrogen) atoms. The number of H-pyrrole nitrogens is 1. The number of rotatable bonds is 4. The predicted molar refractivity (Wildman–Crippen MR) is 104 cm³/mol. The molecule has 2 aliphatic rings. The molecular weight excluding hydrogens is 324 g/mol. The van der Waals surface area contributed by atoms with Gasteiger partial charge in [-0.25, -0.2) is 4.68 Å². The second-order valence-corrected chi connectivity index (χ2v) is 7.35. The molecule has 1 unspecified atom stereocenters. The fraction of sp³-hybridized carbons (Fsp3) is 0.381. The van der Waals surface area contributed by atoms with Crippen LogP contribution >= 0.6 is 0 Å². The third kappa shape index (κ3) is 2.82. The number of aryl methyl sites for hydroxylation is 2. The number of nitrogens with zero attached hydrogens (tertiary/aromatic N) is 2. The van der Waals surface area contributed by atoms with Crippen molar-refractivity contribution in [3.63, 3.8) is 0 Å². The first-order valence-electron chi connectivity index (χ1n) is 9.32. The number of hydrogen-bond acceptors (Lipinski definition) is 3. The van der Waals surface area contributed by atoms with Gasteiger partial charge in [-0.3, -0.25) is 14.8 Å². The van der Waals surface area contributed by atoms with Crippen LogP contribution in [0, 0.1) is 6.92 Å². The Morgan fingerprint density at radius 2 is 1.92 bits per heavy atom. The van der Waals surface area contributed by atoms with E-state index < -0.39 is 5.79 Å². The van der Waals surface area contributed by atoms with E-state index in [1.807, 2.05) is 31.5 Å². The van der Waals surface area contributed by atoms with Crippen LogP contribution in [0.25, 0.3) is 0 Å². The maximum absolute atomic E-state index is 13.1. The van der Waals surface area contributed by atoms with Gasteiger partial charge in [-0.2, -0.15) is 0 Å². The van der Waals surface area contributed by atoms with E-state index in [1.165, 1.54) is 11.1 Å². The Morgan fingerprint density at radius 3 is 2.62 bits per heavy atom. The van der Waals surface area contributed by atoms with Crippen LogP contribution in [0.1, 0.15) is 35.2 Å². The summed E-state index contributed by atoms with van der Waals surface area (Å²) >= 11 is 0. The molecule has 2 N–H and O–H groups in total. The summed E-state index contributed by atoms with van der Waals surface area (Å²) in [5.41, 5.74) is 4.59. The highest BCUT2D eigenvalue weighted by atomic mass is 16.1. The van der Waals surface area contributed by atoms with Crippen molar-refractivity contribution in [1.82, 2.24) is 20.0 Å². The zero-order valence-electron chi connectivity index (χ0n) is 15.5. The lowest BCUT2D eigenvalue weighted by Gasteiger charge is -2.41. The van der Waals surface area contributed by atoms with Crippen molar-refractivity contribution < 1.29 is 0 Å². The van der Waals surface area contributed by atoms with Crippen LogP contribution in [0.2, 0.25) is 0 Å². The van der Waals surface area contributed by atoms with Crippen molar-refractivity contribution in [3.05, 3.63) is 81.4 Å². The quantitative estimate of drug-likeness (QED) is 0.891. The van der Waals surface area contributed by atoms with Crippen LogP contribution in [-0.4, -0.2) is 21.7 Å². The van der Waals surface area contributed by atoms with Gasteiger partial charge in [0.1, 0.15) is 0 Å². The molecule has 0 saturated carbocycles. The molecule has 0 amide bonds. The third-order valence-electron chi connectivity index (χ3n) is 5.47. The molecular formula is C21H26N4O. The number of dihydropyridines is 1. The minimum Gasteiger partial charge on any atom is -0.352 e. The summed E-state index contributed by atoms with van der Waals surface area (Å²) in [7, 11) is 2.04. The SMILES string of the molecule is Cc1ccc(CN(C)C2(n3[nH]c4c(c3=O)CCCC4)C=CC=CN2)cc1. The molecule has 1 aliphatic heterocycles. The zero-order valence-corrected chi connectivity index (χ0v) is 15.5. The summed E-state index contributed by atoms with van der Waals surface area (Å²) in [5, 5.41) is 6.82. The van der Waals surface area contributed by atoms with Gasteiger partial charge in [-0.1, -0.05) is 35.9 Å². The lowest BCUT2D eigenvalue weighted by molar-refractivity contribution is 0.0439. The number of aromatic amines is 1. The topological polar surface area (TPSA) is 53.1 Å². The van der Waals surface area contributed by atoms with Gasteiger partial charge in [-0.05, 0) is 63.6 Å². The summed E-state index contributed by atoms with van der Waals surface area (Å²) in [6.45, 7) is 2.82. The van der Waals surface area contributed by atoms with Gasteiger partial charge in [0.05, 0.1) is 0 Å². The maximum Gasteiger partial charge on any atom is 0.273 e. The molecule has 5 nitrogen and oxygen atoms in total. The second-order valence-electron chi connectivity index (χ2n) is 7.35. The summed E-state index contributed by atoms with van der Waals surface area (Å²) in [6.07, 6.45) is 11.9. The first-order chi connectivity index (χ1) is 12.6. The average Bonchev–Trinajstić information content (AvgIpc) is 3.02. The Morgan fingerprint density at radius 1 is 1.15 bits per heavy atom. The van der Waals surface area contributed by atoms with Gasteiger partial charge in [0.2, 0.25) is 5.79 Å². The van der Waals surface area contributed by atoms with Crippen molar-refractivity contribution in [2.45, 2.75) is 44.9 Å². The summed E-state index contributed by atoms with van der Waals surface area (Å²) in [6, 6.07) is 8.54. The Kier molecular flexibility index (Phi) is 4.32. The fourth-order valence-electron chi connectivity index (χ4n) is 3.92. The van der Waals surface area contributed by atoms with Crippen LogP contribution in [0.3, 0.4) is 0 Å². The van der Waals surface area contributed by atoms with Crippen LogP contribution in [-0.2, 0) is 25.2 Å². The van der Waals surface area contributed by atoms with Gasteiger partial charge in [-0.15, -0.1) is 0 Å². The highest BCUT2D eigenvalue weighted by Crippen LogP contribution is 2.25. The molecule has 0 fully saturated rings.